The molecule has 0 aliphatic rings. The van der Waals surface area contributed by atoms with Gasteiger partial charge in [-0.3, -0.25) is 0 Å². The summed E-state index contributed by atoms with van der Waals surface area (Å²) < 4.78 is 0.691. The lowest BCUT2D eigenvalue weighted by atomic mass is 10.2. The molecule has 3 N–H and O–H groups in total. The standard InChI is InChI=1S/C9H6BrN3O2/c10-5-3-1-2-4-6(5)12-8(9(14)15)13-7(4)11/h1-3H,(H,14,15)(H2,11,12,13). The zero-order valence-electron chi connectivity index (χ0n) is 7.44. The lowest BCUT2D eigenvalue weighted by Crippen LogP contribution is -2.07. The van der Waals surface area contributed by atoms with Crippen LogP contribution in [0.1, 0.15) is 10.6 Å². The van der Waals surface area contributed by atoms with Gasteiger partial charge in [-0.25, -0.2) is 14.8 Å². The van der Waals surface area contributed by atoms with E-state index in [1.807, 2.05) is 0 Å². The number of fused-ring (bicyclic) bond motifs is 1. The zero-order chi connectivity index (χ0) is 11.0. The van der Waals surface area contributed by atoms with Gasteiger partial charge in [0.2, 0.25) is 5.82 Å². The number of nitrogen functional groups attached to an aromatic ring is 1. The van der Waals surface area contributed by atoms with E-state index >= 15 is 0 Å². The molecule has 2 rings (SSSR count). The summed E-state index contributed by atoms with van der Waals surface area (Å²) in [5.74, 6) is -1.33. The summed E-state index contributed by atoms with van der Waals surface area (Å²) in [5, 5.41) is 9.40. The molecule has 76 valence electrons. The highest BCUT2D eigenvalue weighted by molar-refractivity contribution is 9.10. The van der Waals surface area contributed by atoms with Crippen molar-refractivity contribution in [1.82, 2.24) is 9.97 Å². The molecule has 0 radical (unpaired) electrons. The molecule has 0 spiro atoms. The first kappa shape index (κ1) is 9.85. The van der Waals surface area contributed by atoms with Crippen molar-refractivity contribution in [2.45, 2.75) is 0 Å². The predicted octanol–water partition coefficient (Wildman–Crippen LogP) is 1.67. The summed E-state index contributed by atoms with van der Waals surface area (Å²) in [6, 6.07) is 5.29. The van der Waals surface area contributed by atoms with Crippen molar-refractivity contribution in [1.29, 1.82) is 0 Å². The number of carboxylic acid groups (broad SMARTS) is 1. The number of nitrogens with zero attached hydrogens (tertiary/aromatic N) is 2. The molecule has 0 atom stereocenters. The second-order valence-corrected chi connectivity index (χ2v) is 3.73. The van der Waals surface area contributed by atoms with Gasteiger partial charge in [0, 0.05) is 9.86 Å². The molecule has 2 aromatic rings. The van der Waals surface area contributed by atoms with Crippen molar-refractivity contribution in [3.63, 3.8) is 0 Å². The molecular formula is C9H6BrN3O2. The van der Waals surface area contributed by atoms with E-state index in [4.69, 9.17) is 10.8 Å². The Hall–Kier alpha value is -1.69. The average molecular weight is 268 g/mol. The SMILES string of the molecule is Nc1nc(C(=O)O)nc2c(Br)cccc12. The van der Waals surface area contributed by atoms with Crippen LogP contribution in [0.2, 0.25) is 0 Å². The van der Waals surface area contributed by atoms with E-state index in [-0.39, 0.29) is 11.6 Å². The first-order valence-corrected chi connectivity index (χ1v) is 4.84. The highest BCUT2D eigenvalue weighted by Gasteiger charge is 2.12. The molecule has 0 unspecified atom stereocenters. The van der Waals surface area contributed by atoms with E-state index in [0.717, 1.165) is 0 Å². The van der Waals surface area contributed by atoms with E-state index < -0.39 is 5.97 Å². The topological polar surface area (TPSA) is 89.1 Å². The minimum absolute atomic E-state index is 0.165. The number of aromatic carboxylic acids is 1. The van der Waals surface area contributed by atoms with Crippen molar-refractivity contribution in [3.8, 4) is 0 Å². The number of benzene rings is 1. The number of nitrogens with two attached hydrogens (primary N) is 1. The van der Waals surface area contributed by atoms with Crippen molar-refractivity contribution in [3.05, 3.63) is 28.5 Å². The number of hydrogen-bond acceptors (Lipinski definition) is 4. The third-order valence-electron chi connectivity index (χ3n) is 1.90. The van der Waals surface area contributed by atoms with Crippen LogP contribution in [0.5, 0.6) is 0 Å². The van der Waals surface area contributed by atoms with Crippen LogP contribution in [0.3, 0.4) is 0 Å². The minimum atomic E-state index is -1.20. The van der Waals surface area contributed by atoms with Crippen LogP contribution in [-0.2, 0) is 0 Å². The van der Waals surface area contributed by atoms with Crippen molar-refractivity contribution in [2.24, 2.45) is 0 Å². The van der Waals surface area contributed by atoms with Crippen LogP contribution in [0.25, 0.3) is 10.9 Å². The Labute approximate surface area is 93.1 Å². The molecule has 0 saturated heterocycles. The van der Waals surface area contributed by atoms with Crippen LogP contribution in [0.15, 0.2) is 22.7 Å². The van der Waals surface area contributed by atoms with Crippen molar-refractivity contribution < 1.29 is 9.90 Å². The van der Waals surface area contributed by atoms with Gasteiger partial charge in [-0.05, 0) is 28.1 Å². The van der Waals surface area contributed by atoms with Gasteiger partial charge < -0.3 is 10.8 Å². The maximum Gasteiger partial charge on any atom is 0.374 e. The van der Waals surface area contributed by atoms with Gasteiger partial charge in [0.1, 0.15) is 5.82 Å². The second kappa shape index (κ2) is 3.47. The van der Waals surface area contributed by atoms with Crippen LogP contribution in [-0.4, -0.2) is 21.0 Å². The monoisotopic (exact) mass is 267 g/mol. The Kier molecular flexibility index (Phi) is 2.28. The maximum absolute atomic E-state index is 10.7. The third kappa shape index (κ3) is 1.63. The number of anilines is 1. The van der Waals surface area contributed by atoms with Crippen LogP contribution in [0, 0.1) is 0 Å². The molecule has 0 amide bonds. The molecule has 0 saturated carbocycles. The number of hydrogen-bond donors (Lipinski definition) is 2. The summed E-state index contributed by atoms with van der Waals surface area (Å²) in [6.07, 6.45) is 0. The number of carboxylic acids is 1. The molecule has 5 nitrogen and oxygen atoms in total. The van der Waals surface area contributed by atoms with Gasteiger partial charge >= 0.3 is 5.97 Å². The second-order valence-electron chi connectivity index (χ2n) is 2.87. The van der Waals surface area contributed by atoms with Crippen LogP contribution < -0.4 is 5.73 Å². The Bertz CT molecular complexity index is 556. The molecule has 0 bridgehead atoms. The van der Waals surface area contributed by atoms with E-state index in [2.05, 4.69) is 25.9 Å². The Balaban J connectivity index is 2.85. The van der Waals surface area contributed by atoms with Crippen LogP contribution >= 0.6 is 15.9 Å². The lowest BCUT2D eigenvalue weighted by Gasteiger charge is -2.03. The van der Waals surface area contributed by atoms with Gasteiger partial charge in [-0.2, -0.15) is 0 Å². The highest BCUT2D eigenvalue weighted by atomic mass is 79.9. The normalized spacial score (nSPS) is 10.5. The number of halogens is 1. The largest absolute Gasteiger partial charge is 0.475 e. The molecular weight excluding hydrogens is 262 g/mol. The van der Waals surface area contributed by atoms with E-state index in [1.165, 1.54) is 0 Å². The van der Waals surface area contributed by atoms with E-state index in [9.17, 15) is 4.79 Å². The van der Waals surface area contributed by atoms with Crippen molar-refractivity contribution in [2.75, 3.05) is 5.73 Å². The fraction of sp³-hybridized carbons (Fsp3) is 0. The predicted molar refractivity (Wildman–Crippen MR) is 58.6 cm³/mol. The lowest BCUT2D eigenvalue weighted by molar-refractivity contribution is 0.0684. The first-order chi connectivity index (χ1) is 7.09. The number of aromatic nitrogens is 2. The quantitative estimate of drug-likeness (QED) is 0.821. The minimum Gasteiger partial charge on any atom is -0.475 e. The number of para-hydroxylation sites is 1. The van der Waals surface area contributed by atoms with Gasteiger partial charge in [0.15, 0.2) is 0 Å². The zero-order valence-corrected chi connectivity index (χ0v) is 9.02. The summed E-state index contributed by atoms with van der Waals surface area (Å²) in [4.78, 5) is 18.3. The third-order valence-corrected chi connectivity index (χ3v) is 2.54. The summed E-state index contributed by atoms with van der Waals surface area (Å²) in [6.45, 7) is 0. The highest BCUT2D eigenvalue weighted by Crippen LogP contribution is 2.24. The molecule has 6 heteroatoms. The molecule has 0 aliphatic heterocycles. The molecule has 15 heavy (non-hydrogen) atoms. The van der Waals surface area contributed by atoms with Gasteiger partial charge in [0.25, 0.3) is 0 Å². The first-order valence-electron chi connectivity index (χ1n) is 4.04. The molecule has 0 aliphatic carbocycles. The summed E-state index contributed by atoms with van der Waals surface area (Å²) >= 11 is 3.28. The number of rotatable bonds is 1. The Morgan fingerprint density at radius 2 is 2.13 bits per heavy atom. The fourth-order valence-electron chi connectivity index (χ4n) is 1.24. The molecule has 1 aromatic carbocycles. The maximum atomic E-state index is 10.7. The van der Waals surface area contributed by atoms with E-state index in [1.54, 1.807) is 18.2 Å². The van der Waals surface area contributed by atoms with Crippen molar-refractivity contribution >= 4 is 38.6 Å². The van der Waals surface area contributed by atoms with E-state index in [0.29, 0.717) is 15.4 Å². The number of carbonyl (C=O) groups is 1. The summed E-state index contributed by atoms with van der Waals surface area (Å²) in [7, 11) is 0. The molecule has 1 aromatic heterocycles. The Morgan fingerprint density at radius 1 is 1.40 bits per heavy atom. The smallest absolute Gasteiger partial charge is 0.374 e. The summed E-state index contributed by atoms with van der Waals surface area (Å²) in [5.41, 5.74) is 6.13. The van der Waals surface area contributed by atoms with Gasteiger partial charge in [-0.1, -0.05) is 6.07 Å². The van der Waals surface area contributed by atoms with Gasteiger partial charge in [0.05, 0.1) is 5.52 Å². The molecule has 0 fully saturated rings. The van der Waals surface area contributed by atoms with Gasteiger partial charge in [-0.15, -0.1) is 0 Å². The average Bonchev–Trinajstić information content (AvgIpc) is 2.19. The van der Waals surface area contributed by atoms with Crippen LogP contribution in [0.4, 0.5) is 5.82 Å². The Morgan fingerprint density at radius 3 is 2.80 bits per heavy atom. The fourth-order valence-corrected chi connectivity index (χ4v) is 1.69. The molecule has 1 heterocycles.